The molecule has 0 heterocycles. The molecular weight excluding hydrogens is 1200 g/mol. The zero-order valence-electron chi connectivity index (χ0n) is 59.1. The lowest BCUT2D eigenvalue weighted by molar-refractivity contribution is -0.161. The quantitative estimate of drug-likeness (QED) is 0.0222. The number of aliphatic hydroxyl groups excluding tert-OH is 1. The minimum absolute atomic E-state index is 0.105. The van der Waals surface area contributed by atoms with Gasteiger partial charge in [0.05, 0.1) is 26.4 Å². The summed E-state index contributed by atoms with van der Waals surface area (Å²) in [5.74, 6) is -0.717. The predicted octanol–water partition coefficient (Wildman–Crippen LogP) is 20.8. The molecule has 17 nitrogen and oxygen atoms in total. The number of esters is 4. The van der Waals surface area contributed by atoms with Crippen LogP contribution in [0.1, 0.15) is 369 Å². The fraction of sp³-hybridized carbons (Fsp3) is 0.944. The Morgan fingerprint density at radius 3 is 0.835 bits per heavy atom. The molecule has 19 heteroatoms. The number of rotatable bonds is 71. The molecule has 0 aliphatic heterocycles. The highest BCUT2D eigenvalue weighted by Gasteiger charge is 2.30. The summed E-state index contributed by atoms with van der Waals surface area (Å²) in [6, 6.07) is 0. The van der Waals surface area contributed by atoms with E-state index in [2.05, 4.69) is 41.5 Å². The van der Waals surface area contributed by atoms with Crippen molar-refractivity contribution in [2.24, 2.45) is 11.8 Å². The van der Waals surface area contributed by atoms with E-state index >= 15 is 0 Å². The average Bonchev–Trinajstić information content (AvgIpc) is 3.70. The monoisotopic (exact) mass is 1340 g/mol. The Hall–Kier alpha value is -1.94. The third-order valence-electron chi connectivity index (χ3n) is 17.1. The Morgan fingerprint density at radius 2 is 0.560 bits per heavy atom. The van der Waals surface area contributed by atoms with Crippen LogP contribution >= 0.6 is 15.6 Å². The molecule has 0 aromatic rings. The van der Waals surface area contributed by atoms with Gasteiger partial charge in [-0.3, -0.25) is 37.3 Å². The first kappa shape index (κ1) is 89.1. The fourth-order valence-electron chi connectivity index (χ4n) is 10.9. The first-order valence-electron chi connectivity index (χ1n) is 37.5. The van der Waals surface area contributed by atoms with Crippen molar-refractivity contribution in [2.45, 2.75) is 387 Å². The van der Waals surface area contributed by atoms with E-state index in [1.165, 1.54) is 173 Å². The lowest BCUT2D eigenvalue weighted by atomic mass is 10.00. The van der Waals surface area contributed by atoms with Crippen molar-refractivity contribution in [3.8, 4) is 0 Å². The number of hydrogen-bond donors (Lipinski definition) is 3. The van der Waals surface area contributed by atoms with Crippen LogP contribution in [-0.2, 0) is 65.4 Å². The van der Waals surface area contributed by atoms with Crippen molar-refractivity contribution in [3.63, 3.8) is 0 Å². The minimum Gasteiger partial charge on any atom is -0.462 e. The molecule has 3 N–H and O–H groups in total. The predicted molar refractivity (Wildman–Crippen MR) is 368 cm³/mol. The van der Waals surface area contributed by atoms with E-state index in [4.69, 9.17) is 37.0 Å². The van der Waals surface area contributed by atoms with E-state index in [0.717, 1.165) is 109 Å². The number of carbonyl (C=O) groups excluding carboxylic acids is 4. The second-order valence-electron chi connectivity index (χ2n) is 26.7. The third-order valence-corrected chi connectivity index (χ3v) is 19.0. The molecule has 0 aromatic heterocycles. The summed E-state index contributed by atoms with van der Waals surface area (Å²) in [6.45, 7) is 9.42. The maximum Gasteiger partial charge on any atom is 0.472 e. The molecule has 0 spiro atoms. The Morgan fingerprint density at radius 1 is 0.319 bits per heavy atom. The van der Waals surface area contributed by atoms with Crippen molar-refractivity contribution in [1.82, 2.24) is 0 Å². The molecule has 0 aliphatic carbocycles. The van der Waals surface area contributed by atoms with Gasteiger partial charge in [-0.05, 0) is 37.5 Å². The van der Waals surface area contributed by atoms with Gasteiger partial charge in [-0.15, -0.1) is 0 Å². The minimum atomic E-state index is -4.95. The molecule has 6 atom stereocenters. The van der Waals surface area contributed by atoms with Crippen LogP contribution in [0.15, 0.2) is 0 Å². The van der Waals surface area contributed by atoms with Gasteiger partial charge in [0, 0.05) is 25.7 Å². The van der Waals surface area contributed by atoms with Crippen molar-refractivity contribution in [3.05, 3.63) is 0 Å². The lowest BCUT2D eigenvalue weighted by Crippen LogP contribution is -2.30. The van der Waals surface area contributed by atoms with Gasteiger partial charge < -0.3 is 33.8 Å². The van der Waals surface area contributed by atoms with E-state index in [1.807, 2.05) is 0 Å². The summed E-state index contributed by atoms with van der Waals surface area (Å²) in [7, 11) is -9.90. The number of ether oxygens (including phenoxy) is 4. The SMILES string of the molecule is CCCCCCCCCCCCCCCCCCCCCCCCC(=O)O[C@H](COC(=O)CCCCCCCCC(C)CC)COP(=O)(O)OC[C@@H](O)COP(=O)(O)OC[C@@H](COC(=O)CCCCCCCCC(C)C)OC(=O)CCCCCCCCCCCC. The standard InChI is InChI=1S/C72H140O17P2/c1-7-10-12-14-16-18-20-21-22-23-24-25-26-27-28-29-30-31-33-35-45-51-57-72(77)89-68(61-83-70(75)55-49-43-39-37-41-47-53-65(6)9-3)63-87-91(80,81)85-59-66(73)58-84-90(78,79)86-62-67(60-82-69(74)54-48-42-38-36-40-46-52-64(4)5)88-71(76)56-50-44-34-32-19-17-15-13-11-8-2/h64-68,73H,7-63H2,1-6H3,(H,78,79)(H,80,81)/t65?,66-,67+,68+/m0/s1. The molecule has 0 saturated heterocycles. The molecule has 0 bridgehead atoms. The van der Waals surface area contributed by atoms with Gasteiger partial charge in [0.1, 0.15) is 19.3 Å². The zero-order valence-corrected chi connectivity index (χ0v) is 60.9. The number of unbranched alkanes of at least 4 members (excludes halogenated alkanes) is 40. The van der Waals surface area contributed by atoms with Crippen LogP contribution < -0.4 is 0 Å². The van der Waals surface area contributed by atoms with Gasteiger partial charge in [-0.2, -0.15) is 0 Å². The molecule has 540 valence electrons. The highest BCUT2D eigenvalue weighted by molar-refractivity contribution is 7.47. The van der Waals surface area contributed by atoms with Gasteiger partial charge in [-0.25, -0.2) is 9.13 Å². The molecule has 3 unspecified atom stereocenters. The Labute approximate surface area is 556 Å². The summed E-state index contributed by atoms with van der Waals surface area (Å²) >= 11 is 0. The second kappa shape index (κ2) is 64.1. The second-order valence-corrected chi connectivity index (χ2v) is 29.6. The molecule has 0 radical (unpaired) electrons. The third kappa shape index (κ3) is 65.1. The van der Waals surface area contributed by atoms with Gasteiger partial charge >= 0.3 is 39.5 Å². The van der Waals surface area contributed by atoms with E-state index in [-0.39, 0.29) is 25.7 Å². The summed E-state index contributed by atoms with van der Waals surface area (Å²) < 4.78 is 68.2. The summed E-state index contributed by atoms with van der Waals surface area (Å²) in [5.41, 5.74) is 0. The smallest absolute Gasteiger partial charge is 0.462 e. The molecule has 0 aliphatic rings. The number of phosphoric ester groups is 2. The Kier molecular flexibility index (Phi) is 62.7. The largest absolute Gasteiger partial charge is 0.472 e. The van der Waals surface area contributed by atoms with E-state index in [0.29, 0.717) is 31.6 Å². The molecular formula is C72H140O17P2. The maximum absolute atomic E-state index is 13.0. The highest BCUT2D eigenvalue weighted by Crippen LogP contribution is 2.45. The van der Waals surface area contributed by atoms with Crippen molar-refractivity contribution >= 4 is 39.5 Å². The zero-order chi connectivity index (χ0) is 67.2. The lowest BCUT2D eigenvalue weighted by Gasteiger charge is -2.21. The number of hydrogen-bond acceptors (Lipinski definition) is 15. The molecule has 0 fully saturated rings. The first-order valence-corrected chi connectivity index (χ1v) is 40.5. The van der Waals surface area contributed by atoms with Crippen molar-refractivity contribution < 1.29 is 80.2 Å². The normalized spacial score (nSPS) is 14.4. The molecule has 0 amide bonds. The van der Waals surface area contributed by atoms with Crippen LogP contribution in [0.25, 0.3) is 0 Å². The van der Waals surface area contributed by atoms with Crippen LogP contribution in [0.3, 0.4) is 0 Å². The van der Waals surface area contributed by atoms with Crippen LogP contribution in [0.5, 0.6) is 0 Å². The van der Waals surface area contributed by atoms with Crippen molar-refractivity contribution in [1.29, 1.82) is 0 Å². The maximum atomic E-state index is 13.0. The van der Waals surface area contributed by atoms with Crippen LogP contribution in [0.2, 0.25) is 0 Å². The van der Waals surface area contributed by atoms with E-state index in [1.54, 1.807) is 0 Å². The molecule has 0 aromatic carbocycles. The topological polar surface area (TPSA) is 237 Å². The molecule has 91 heavy (non-hydrogen) atoms. The average molecular weight is 1340 g/mol. The van der Waals surface area contributed by atoms with Crippen LogP contribution in [0.4, 0.5) is 0 Å². The molecule has 0 saturated carbocycles. The van der Waals surface area contributed by atoms with Gasteiger partial charge in [0.2, 0.25) is 0 Å². The Balaban J connectivity index is 5.12. The van der Waals surface area contributed by atoms with E-state index < -0.39 is 97.5 Å². The number of aliphatic hydroxyl groups is 1. The van der Waals surface area contributed by atoms with Gasteiger partial charge in [0.25, 0.3) is 0 Å². The Bertz CT molecular complexity index is 1770. The van der Waals surface area contributed by atoms with Gasteiger partial charge in [0.15, 0.2) is 12.2 Å². The first-order chi connectivity index (χ1) is 43.9. The van der Waals surface area contributed by atoms with Crippen LogP contribution in [0, 0.1) is 11.8 Å². The summed E-state index contributed by atoms with van der Waals surface area (Å²) in [5, 5.41) is 10.6. The number of carbonyl (C=O) groups is 4. The number of phosphoric acid groups is 2. The van der Waals surface area contributed by atoms with Crippen molar-refractivity contribution in [2.75, 3.05) is 39.6 Å². The highest BCUT2D eigenvalue weighted by atomic mass is 31.2. The van der Waals surface area contributed by atoms with Crippen LogP contribution in [-0.4, -0.2) is 96.7 Å². The summed E-state index contributed by atoms with van der Waals surface area (Å²) in [6.07, 6.45) is 50.4. The fourth-order valence-corrected chi connectivity index (χ4v) is 12.5. The van der Waals surface area contributed by atoms with Gasteiger partial charge in [-0.1, -0.05) is 318 Å². The van der Waals surface area contributed by atoms with E-state index in [9.17, 15) is 43.2 Å². The summed E-state index contributed by atoms with van der Waals surface area (Å²) in [4.78, 5) is 72.5. The molecule has 0 rings (SSSR count).